The van der Waals surface area contributed by atoms with E-state index in [0.29, 0.717) is 22.7 Å². The Morgan fingerprint density at radius 1 is 1.50 bits per heavy atom. The summed E-state index contributed by atoms with van der Waals surface area (Å²) in [7, 11) is 0. The van der Waals surface area contributed by atoms with Crippen LogP contribution in [0.2, 0.25) is 5.02 Å². The van der Waals surface area contributed by atoms with Crippen molar-refractivity contribution in [2.24, 2.45) is 5.92 Å². The van der Waals surface area contributed by atoms with Crippen molar-refractivity contribution in [3.05, 3.63) is 39.1 Å². The van der Waals surface area contributed by atoms with Crippen LogP contribution in [0.4, 0.5) is 0 Å². The van der Waals surface area contributed by atoms with Crippen LogP contribution < -0.4 is 0 Å². The van der Waals surface area contributed by atoms with Crippen LogP contribution in [0.15, 0.2) is 27.1 Å². The number of benzene rings is 1. The van der Waals surface area contributed by atoms with E-state index in [2.05, 4.69) is 20.9 Å². The molecule has 0 aliphatic heterocycles. The zero-order valence-electron chi connectivity index (χ0n) is 11.0. The van der Waals surface area contributed by atoms with Crippen molar-refractivity contribution in [3.63, 3.8) is 0 Å². The van der Waals surface area contributed by atoms with Crippen LogP contribution in [0.25, 0.3) is 11.5 Å². The number of aromatic carboxylic acids is 1. The molecule has 2 rings (SSSR count). The lowest BCUT2D eigenvalue weighted by atomic mass is 10.1. The van der Waals surface area contributed by atoms with Gasteiger partial charge in [-0.3, -0.25) is 0 Å². The van der Waals surface area contributed by atoms with Gasteiger partial charge in [0.15, 0.2) is 0 Å². The minimum atomic E-state index is -1.12. The lowest BCUT2D eigenvalue weighted by Gasteiger charge is -2.00. The number of oxazole rings is 1. The molecule has 4 nitrogen and oxygen atoms in total. The third kappa shape index (κ3) is 3.22. The van der Waals surface area contributed by atoms with Gasteiger partial charge in [-0.2, -0.15) is 0 Å². The molecule has 0 unspecified atom stereocenters. The van der Waals surface area contributed by atoms with Crippen molar-refractivity contribution in [3.8, 4) is 11.5 Å². The molecule has 0 radical (unpaired) electrons. The van der Waals surface area contributed by atoms with Gasteiger partial charge in [0.1, 0.15) is 0 Å². The summed E-state index contributed by atoms with van der Waals surface area (Å²) in [5.74, 6) is -0.720. The zero-order valence-corrected chi connectivity index (χ0v) is 13.3. The van der Waals surface area contributed by atoms with E-state index >= 15 is 0 Å². The predicted molar refractivity (Wildman–Crippen MR) is 80.2 cm³/mol. The summed E-state index contributed by atoms with van der Waals surface area (Å²) in [6.45, 7) is 3.99. The van der Waals surface area contributed by atoms with Crippen LogP contribution >= 0.6 is 27.5 Å². The summed E-state index contributed by atoms with van der Waals surface area (Å²) in [5, 5.41) is 9.63. The molecule has 1 aromatic carbocycles. The minimum absolute atomic E-state index is 0.118. The summed E-state index contributed by atoms with van der Waals surface area (Å²) in [6, 6.07) is 5.25. The molecular formula is C14H13BrClNO3. The highest BCUT2D eigenvalue weighted by molar-refractivity contribution is 9.10. The van der Waals surface area contributed by atoms with Crippen LogP contribution in [0.3, 0.4) is 0 Å². The second kappa shape index (κ2) is 5.97. The maximum Gasteiger partial charge on any atom is 0.373 e. The largest absolute Gasteiger partial charge is 0.475 e. The summed E-state index contributed by atoms with van der Waals surface area (Å²) < 4.78 is 6.21. The Labute approximate surface area is 129 Å². The van der Waals surface area contributed by atoms with Gasteiger partial charge in [0.25, 0.3) is 0 Å². The lowest BCUT2D eigenvalue weighted by molar-refractivity contribution is 0.0661. The summed E-state index contributed by atoms with van der Waals surface area (Å²) in [5.41, 5.74) is 1.02. The van der Waals surface area contributed by atoms with Crippen LogP contribution in [-0.2, 0) is 6.42 Å². The molecular weight excluding hydrogens is 346 g/mol. The van der Waals surface area contributed by atoms with Gasteiger partial charge in [0.05, 0.1) is 16.3 Å². The van der Waals surface area contributed by atoms with Crippen molar-refractivity contribution < 1.29 is 14.3 Å². The number of nitrogens with zero attached hydrogens (tertiary/aromatic N) is 1. The first-order valence-electron chi connectivity index (χ1n) is 6.07. The predicted octanol–water partition coefficient (Wildman–Crippen LogP) is 4.65. The monoisotopic (exact) mass is 357 g/mol. The Morgan fingerprint density at radius 2 is 2.20 bits per heavy atom. The molecule has 1 N–H and O–H groups in total. The smallest absolute Gasteiger partial charge is 0.373 e. The number of hydrogen-bond donors (Lipinski definition) is 1. The maximum absolute atomic E-state index is 11.2. The first-order valence-corrected chi connectivity index (χ1v) is 7.24. The quantitative estimate of drug-likeness (QED) is 0.863. The van der Waals surface area contributed by atoms with Gasteiger partial charge in [-0.25, -0.2) is 9.78 Å². The van der Waals surface area contributed by atoms with Gasteiger partial charge in [-0.1, -0.05) is 41.4 Å². The van der Waals surface area contributed by atoms with Gasteiger partial charge in [-0.15, -0.1) is 0 Å². The standard InChI is InChI=1S/C14H13BrClNO3/c1-7(2)5-11-12(14(18)19)20-13(17-11)9-4-3-8(15)6-10(9)16/h3-4,6-7H,5H2,1-2H3,(H,18,19). The van der Waals surface area contributed by atoms with Gasteiger partial charge in [-0.05, 0) is 30.5 Å². The van der Waals surface area contributed by atoms with Crippen molar-refractivity contribution in [1.82, 2.24) is 4.98 Å². The molecule has 0 bridgehead atoms. The fraction of sp³-hybridized carbons (Fsp3) is 0.286. The normalized spacial score (nSPS) is 11.1. The fourth-order valence-electron chi connectivity index (χ4n) is 1.82. The van der Waals surface area contributed by atoms with E-state index in [0.717, 1.165) is 4.47 Å². The first kappa shape index (κ1) is 15.1. The molecule has 0 fully saturated rings. The topological polar surface area (TPSA) is 63.3 Å². The molecule has 106 valence electrons. The number of carboxylic acid groups (broad SMARTS) is 1. The number of rotatable bonds is 4. The van der Waals surface area contributed by atoms with Crippen molar-refractivity contribution >= 4 is 33.5 Å². The number of carbonyl (C=O) groups is 1. The van der Waals surface area contributed by atoms with E-state index in [1.807, 2.05) is 13.8 Å². The Kier molecular flexibility index (Phi) is 4.50. The van der Waals surface area contributed by atoms with E-state index in [4.69, 9.17) is 16.0 Å². The molecule has 0 spiro atoms. The molecule has 1 aromatic heterocycles. The fourth-order valence-corrected chi connectivity index (χ4v) is 2.58. The summed E-state index contributed by atoms with van der Waals surface area (Å²) in [6.07, 6.45) is 0.541. The molecule has 0 amide bonds. The van der Waals surface area contributed by atoms with Crippen LogP contribution in [-0.4, -0.2) is 16.1 Å². The highest BCUT2D eigenvalue weighted by Gasteiger charge is 2.22. The van der Waals surface area contributed by atoms with Gasteiger partial charge in [0, 0.05) is 4.47 Å². The van der Waals surface area contributed by atoms with Gasteiger partial charge in [0.2, 0.25) is 11.7 Å². The molecule has 1 heterocycles. The minimum Gasteiger partial charge on any atom is -0.475 e. The maximum atomic E-state index is 11.2. The Morgan fingerprint density at radius 3 is 2.75 bits per heavy atom. The van der Waals surface area contributed by atoms with Crippen molar-refractivity contribution in [2.45, 2.75) is 20.3 Å². The zero-order chi connectivity index (χ0) is 14.9. The Balaban J connectivity index is 2.49. The lowest BCUT2D eigenvalue weighted by Crippen LogP contribution is -2.03. The molecule has 0 aliphatic rings. The molecule has 6 heteroatoms. The summed E-state index contributed by atoms with van der Waals surface area (Å²) >= 11 is 9.45. The van der Waals surface area contributed by atoms with Crippen molar-refractivity contribution in [1.29, 1.82) is 0 Å². The van der Waals surface area contributed by atoms with Gasteiger partial charge >= 0.3 is 5.97 Å². The number of halogens is 2. The Bertz CT molecular complexity index is 652. The SMILES string of the molecule is CC(C)Cc1nc(-c2ccc(Br)cc2Cl)oc1C(=O)O. The van der Waals surface area contributed by atoms with E-state index in [9.17, 15) is 9.90 Å². The number of carboxylic acids is 1. The molecule has 0 aliphatic carbocycles. The third-order valence-corrected chi connectivity index (χ3v) is 3.46. The van der Waals surface area contributed by atoms with E-state index in [1.54, 1.807) is 18.2 Å². The molecule has 2 aromatic rings. The third-order valence-electron chi connectivity index (χ3n) is 2.65. The first-order chi connectivity index (χ1) is 9.38. The number of hydrogen-bond acceptors (Lipinski definition) is 3. The molecule has 0 saturated carbocycles. The number of aromatic nitrogens is 1. The molecule has 20 heavy (non-hydrogen) atoms. The van der Waals surface area contributed by atoms with Crippen molar-refractivity contribution in [2.75, 3.05) is 0 Å². The van der Waals surface area contributed by atoms with E-state index < -0.39 is 5.97 Å². The summed E-state index contributed by atoms with van der Waals surface area (Å²) in [4.78, 5) is 15.5. The van der Waals surface area contributed by atoms with Crippen LogP contribution in [0.5, 0.6) is 0 Å². The highest BCUT2D eigenvalue weighted by Crippen LogP contribution is 2.31. The average molecular weight is 359 g/mol. The second-order valence-corrected chi connectivity index (χ2v) is 6.15. The average Bonchev–Trinajstić information content (AvgIpc) is 2.71. The van der Waals surface area contributed by atoms with Crippen LogP contribution in [0.1, 0.15) is 30.1 Å². The van der Waals surface area contributed by atoms with E-state index in [-0.39, 0.29) is 17.6 Å². The second-order valence-electron chi connectivity index (χ2n) is 4.82. The van der Waals surface area contributed by atoms with E-state index in [1.165, 1.54) is 0 Å². The molecule has 0 saturated heterocycles. The highest BCUT2D eigenvalue weighted by atomic mass is 79.9. The Hall–Kier alpha value is -1.33. The molecule has 0 atom stereocenters. The van der Waals surface area contributed by atoms with Gasteiger partial charge < -0.3 is 9.52 Å². The van der Waals surface area contributed by atoms with Crippen LogP contribution in [0, 0.1) is 5.92 Å².